The van der Waals surface area contributed by atoms with Crippen molar-refractivity contribution in [1.82, 2.24) is 0 Å². The van der Waals surface area contributed by atoms with Gasteiger partial charge in [-0.3, -0.25) is 0 Å². The minimum Gasteiger partial charge on any atom is -0.371 e. The van der Waals surface area contributed by atoms with Crippen molar-refractivity contribution < 1.29 is 0 Å². The molecule has 1 fully saturated rings. The molecule has 1 nitrogen and oxygen atoms in total. The molecular formula is C13H19N. The molecule has 0 spiro atoms. The Morgan fingerprint density at radius 1 is 1.21 bits per heavy atom. The standard InChI is InChI=1S/C13H19N/c1-11(2)12-8-9-14(10-12)13-6-4-3-5-7-13/h3-7,11-12H,8-10H2,1-2H3/t12-/m1/s1. The van der Waals surface area contributed by atoms with E-state index in [2.05, 4.69) is 49.1 Å². The maximum atomic E-state index is 2.50. The predicted molar refractivity (Wildman–Crippen MR) is 61.6 cm³/mol. The van der Waals surface area contributed by atoms with Gasteiger partial charge in [-0.1, -0.05) is 32.0 Å². The summed E-state index contributed by atoms with van der Waals surface area (Å²) in [7, 11) is 0. The molecule has 0 radical (unpaired) electrons. The van der Waals surface area contributed by atoms with Crippen LogP contribution < -0.4 is 4.90 Å². The number of rotatable bonds is 2. The first-order valence-electron chi connectivity index (χ1n) is 5.57. The quantitative estimate of drug-likeness (QED) is 0.690. The van der Waals surface area contributed by atoms with Crippen molar-refractivity contribution in [2.75, 3.05) is 18.0 Å². The molecule has 1 aromatic carbocycles. The third-order valence-electron chi connectivity index (χ3n) is 3.29. The molecule has 14 heavy (non-hydrogen) atoms. The van der Waals surface area contributed by atoms with Crippen molar-refractivity contribution in [2.45, 2.75) is 20.3 Å². The van der Waals surface area contributed by atoms with Gasteiger partial charge in [0.2, 0.25) is 0 Å². The van der Waals surface area contributed by atoms with Gasteiger partial charge in [0.1, 0.15) is 0 Å². The second-order valence-electron chi connectivity index (χ2n) is 4.57. The molecule has 0 saturated carbocycles. The average molecular weight is 189 g/mol. The molecule has 1 aromatic rings. The van der Waals surface area contributed by atoms with E-state index in [-0.39, 0.29) is 0 Å². The largest absolute Gasteiger partial charge is 0.371 e. The lowest BCUT2D eigenvalue weighted by Gasteiger charge is -2.19. The summed E-state index contributed by atoms with van der Waals surface area (Å²) in [5.74, 6) is 1.71. The van der Waals surface area contributed by atoms with Gasteiger partial charge in [-0.15, -0.1) is 0 Å². The van der Waals surface area contributed by atoms with Gasteiger partial charge in [-0.25, -0.2) is 0 Å². The molecule has 1 aliphatic heterocycles. The highest BCUT2D eigenvalue weighted by Gasteiger charge is 2.24. The van der Waals surface area contributed by atoms with Gasteiger partial charge >= 0.3 is 0 Å². The monoisotopic (exact) mass is 189 g/mol. The Bertz CT molecular complexity index is 279. The zero-order chi connectivity index (χ0) is 9.97. The third-order valence-corrected chi connectivity index (χ3v) is 3.29. The molecule has 2 rings (SSSR count). The van der Waals surface area contributed by atoms with Gasteiger partial charge in [0, 0.05) is 18.8 Å². The van der Waals surface area contributed by atoms with E-state index in [9.17, 15) is 0 Å². The summed E-state index contributed by atoms with van der Waals surface area (Å²) in [4.78, 5) is 2.50. The lowest BCUT2D eigenvalue weighted by atomic mass is 9.95. The van der Waals surface area contributed by atoms with E-state index in [1.54, 1.807) is 0 Å². The van der Waals surface area contributed by atoms with E-state index in [1.807, 2.05) is 0 Å². The number of hydrogen-bond acceptors (Lipinski definition) is 1. The van der Waals surface area contributed by atoms with E-state index < -0.39 is 0 Å². The summed E-state index contributed by atoms with van der Waals surface area (Å²) in [5.41, 5.74) is 1.38. The van der Waals surface area contributed by atoms with Crippen LogP contribution in [0.2, 0.25) is 0 Å². The summed E-state index contributed by atoms with van der Waals surface area (Å²) in [6.45, 7) is 7.13. The van der Waals surface area contributed by atoms with Crippen molar-refractivity contribution in [2.24, 2.45) is 11.8 Å². The first-order chi connectivity index (χ1) is 6.77. The molecule has 1 atom stereocenters. The highest BCUT2D eigenvalue weighted by Crippen LogP contribution is 2.27. The van der Waals surface area contributed by atoms with Gasteiger partial charge in [0.05, 0.1) is 0 Å². The third kappa shape index (κ3) is 1.92. The summed E-state index contributed by atoms with van der Waals surface area (Å²) >= 11 is 0. The molecule has 0 unspecified atom stereocenters. The summed E-state index contributed by atoms with van der Waals surface area (Å²) in [6.07, 6.45) is 1.35. The Kier molecular flexibility index (Phi) is 2.76. The van der Waals surface area contributed by atoms with Gasteiger partial charge in [-0.2, -0.15) is 0 Å². The van der Waals surface area contributed by atoms with Crippen LogP contribution in [0, 0.1) is 11.8 Å². The van der Waals surface area contributed by atoms with Crippen LogP contribution in [0.1, 0.15) is 20.3 Å². The van der Waals surface area contributed by atoms with Gasteiger partial charge < -0.3 is 4.90 Å². The minimum absolute atomic E-state index is 0.823. The molecule has 1 heteroatoms. The highest BCUT2D eigenvalue weighted by atomic mass is 15.1. The van der Waals surface area contributed by atoms with Crippen LogP contribution >= 0.6 is 0 Å². The van der Waals surface area contributed by atoms with Crippen LogP contribution in [0.25, 0.3) is 0 Å². The van der Waals surface area contributed by atoms with Gasteiger partial charge in [0.25, 0.3) is 0 Å². The first kappa shape index (κ1) is 9.57. The fraction of sp³-hybridized carbons (Fsp3) is 0.538. The number of hydrogen-bond donors (Lipinski definition) is 0. The second-order valence-corrected chi connectivity index (χ2v) is 4.57. The Balaban J connectivity index is 2.03. The zero-order valence-corrected chi connectivity index (χ0v) is 9.11. The Labute approximate surface area is 86.7 Å². The lowest BCUT2D eigenvalue weighted by Crippen LogP contribution is -2.20. The van der Waals surface area contributed by atoms with Crippen LogP contribution in [0.15, 0.2) is 30.3 Å². The van der Waals surface area contributed by atoms with Crippen LogP contribution in [-0.2, 0) is 0 Å². The number of benzene rings is 1. The highest BCUT2D eigenvalue weighted by molar-refractivity contribution is 5.46. The molecule has 76 valence electrons. The van der Waals surface area contributed by atoms with Crippen LogP contribution in [0.5, 0.6) is 0 Å². The Hall–Kier alpha value is -0.980. The van der Waals surface area contributed by atoms with Crippen LogP contribution in [-0.4, -0.2) is 13.1 Å². The molecular weight excluding hydrogens is 170 g/mol. The van der Waals surface area contributed by atoms with Crippen molar-refractivity contribution in [3.8, 4) is 0 Å². The Morgan fingerprint density at radius 2 is 1.93 bits per heavy atom. The van der Waals surface area contributed by atoms with Crippen molar-refractivity contribution in [1.29, 1.82) is 0 Å². The van der Waals surface area contributed by atoms with E-state index in [0.29, 0.717) is 0 Å². The SMILES string of the molecule is CC(C)[C@@H]1CCN(c2ccccc2)C1. The second kappa shape index (κ2) is 4.04. The topological polar surface area (TPSA) is 3.24 Å². The van der Waals surface area contributed by atoms with Gasteiger partial charge in [-0.05, 0) is 30.4 Å². The molecule has 1 heterocycles. The first-order valence-corrected chi connectivity index (χ1v) is 5.57. The molecule has 0 aliphatic carbocycles. The molecule has 1 aliphatic rings. The molecule has 0 amide bonds. The van der Waals surface area contributed by atoms with E-state index in [1.165, 1.54) is 25.2 Å². The molecule has 0 bridgehead atoms. The lowest BCUT2D eigenvalue weighted by molar-refractivity contribution is 0.423. The predicted octanol–water partition coefficient (Wildman–Crippen LogP) is 3.17. The smallest absolute Gasteiger partial charge is 0.0366 e. The van der Waals surface area contributed by atoms with Crippen LogP contribution in [0.4, 0.5) is 5.69 Å². The van der Waals surface area contributed by atoms with Crippen molar-refractivity contribution in [3.05, 3.63) is 30.3 Å². The number of para-hydroxylation sites is 1. The maximum absolute atomic E-state index is 2.50. The zero-order valence-electron chi connectivity index (χ0n) is 9.11. The summed E-state index contributed by atoms with van der Waals surface area (Å²) < 4.78 is 0. The fourth-order valence-corrected chi connectivity index (χ4v) is 2.20. The van der Waals surface area contributed by atoms with Gasteiger partial charge in [0.15, 0.2) is 0 Å². The number of anilines is 1. The van der Waals surface area contributed by atoms with Crippen molar-refractivity contribution >= 4 is 5.69 Å². The molecule has 1 saturated heterocycles. The van der Waals surface area contributed by atoms with E-state index in [4.69, 9.17) is 0 Å². The Morgan fingerprint density at radius 3 is 2.50 bits per heavy atom. The van der Waals surface area contributed by atoms with E-state index in [0.717, 1.165) is 11.8 Å². The normalized spacial score (nSPS) is 21.9. The van der Waals surface area contributed by atoms with Crippen molar-refractivity contribution in [3.63, 3.8) is 0 Å². The molecule has 0 N–H and O–H groups in total. The number of nitrogens with zero attached hydrogens (tertiary/aromatic N) is 1. The van der Waals surface area contributed by atoms with Crippen LogP contribution in [0.3, 0.4) is 0 Å². The average Bonchev–Trinajstić information content (AvgIpc) is 2.68. The maximum Gasteiger partial charge on any atom is 0.0366 e. The summed E-state index contributed by atoms with van der Waals surface area (Å²) in [5, 5.41) is 0. The molecule has 0 aromatic heterocycles. The fourth-order valence-electron chi connectivity index (χ4n) is 2.20. The van der Waals surface area contributed by atoms with E-state index >= 15 is 0 Å². The minimum atomic E-state index is 0.823. The summed E-state index contributed by atoms with van der Waals surface area (Å²) in [6, 6.07) is 10.8.